The average Bonchev–Trinajstić information content (AvgIpc) is 2.33. The van der Waals surface area contributed by atoms with E-state index in [1.807, 2.05) is 0 Å². The average molecular weight is 285 g/mol. The highest BCUT2D eigenvalue weighted by molar-refractivity contribution is 5.83. The molecule has 3 N–H and O–H groups in total. The molecule has 1 unspecified atom stereocenters. The number of rotatable bonds is 5. The molecule has 1 aliphatic rings. The lowest BCUT2D eigenvalue weighted by atomic mass is 9.87. The molecule has 0 radical (unpaired) electrons. The largest absolute Gasteiger partial charge is 0.481 e. The molecule has 114 valence electrons. The van der Waals surface area contributed by atoms with Crippen LogP contribution in [-0.2, 0) is 9.59 Å². The molecular weight excluding hydrogens is 262 g/mol. The number of nitrogens with zero attached hydrogens (tertiary/aromatic N) is 1. The van der Waals surface area contributed by atoms with Gasteiger partial charge in [-0.2, -0.15) is 0 Å². The molecule has 0 aromatic heterocycles. The molecule has 0 aliphatic carbocycles. The van der Waals surface area contributed by atoms with Crippen LogP contribution in [0.2, 0.25) is 0 Å². The second-order valence-electron chi connectivity index (χ2n) is 5.91. The van der Waals surface area contributed by atoms with Gasteiger partial charge in [0, 0.05) is 32.6 Å². The Balaban J connectivity index is 2.36. The molecular formula is C13H23N3O4. The van der Waals surface area contributed by atoms with Gasteiger partial charge in [0.15, 0.2) is 0 Å². The number of hydrogen-bond acceptors (Lipinski definition) is 3. The fourth-order valence-corrected chi connectivity index (χ4v) is 2.02. The number of aliphatic carboxylic acids is 1. The zero-order valence-electron chi connectivity index (χ0n) is 12.4. The van der Waals surface area contributed by atoms with Crippen LogP contribution in [0, 0.1) is 17.3 Å². The van der Waals surface area contributed by atoms with Gasteiger partial charge in [0.1, 0.15) is 0 Å². The van der Waals surface area contributed by atoms with E-state index < -0.39 is 17.3 Å². The number of nitrogens with one attached hydrogen (secondary N) is 2. The quantitative estimate of drug-likeness (QED) is 0.668. The Morgan fingerprint density at radius 1 is 1.35 bits per heavy atom. The molecule has 7 heteroatoms. The number of carbonyl (C=O) groups excluding carboxylic acids is 2. The molecule has 7 nitrogen and oxygen atoms in total. The maximum atomic E-state index is 11.9. The number of carboxylic acid groups (broad SMARTS) is 1. The van der Waals surface area contributed by atoms with Gasteiger partial charge in [0.25, 0.3) is 0 Å². The smallest absolute Gasteiger partial charge is 0.317 e. The Labute approximate surface area is 118 Å². The molecule has 3 amide bonds. The van der Waals surface area contributed by atoms with Crippen LogP contribution in [0.5, 0.6) is 0 Å². The lowest BCUT2D eigenvalue weighted by molar-refractivity contribution is -0.144. The molecule has 1 saturated heterocycles. The Hall–Kier alpha value is -1.79. The van der Waals surface area contributed by atoms with Gasteiger partial charge in [0.2, 0.25) is 5.91 Å². The summed E-state index contributed by atoms with van der Waals surface area (Å²) in [4.78, 5) is 35.8. The van der Waals surface area contributed by atoms with Crippen molar-refractivity contribution in [2.24, 2.45) is 17.3 Å². The third kappa shape index (κ3) is 3.61. The molecule has 1 heterocycles. The monoisotopic (exact) mass is 285 g/mol. The van der Waals surface area contributed by atoms with Crippen molar-refractivity contribution in [3.8, 4) is 0 Å². The minimum absolute atomic E-state index is 0.00482. The van der Waals surface area contributed by atoms with Gasteiger partial charge in [-0.1, -0.05) is 6.92 Å². The summed E-state index contributed by atoms with van der Waals surface area (Å²) in [5, 5.41) is 14.1. The summed E-state index contributed by atoms with van der Waals surface area (Å²) in [6, 6.07) is -0.254. The summed E-state index contributed by atoms with van der Waals surface area (Å²) < 4.78 is 0. The minimum atomic E-state index is -0.837. The van der Waals surface area contributed by atoms with Crippen LogP contribution in [0.1, 0.15) is 20.8 Å². The van der Waals surface area contributed by atoms with Crippen LogP contribution in [0.15, 0.2) is 0 Å². The van der Waals surface area contributed by atoms with Crippen molar-refractivity contribution in [2.75, 3.05) is 26.7 Å². The van der Waals surface area contributed by atoms with E-state index >= 15 is 0 Å². The fourth-order valence-electron chi connectivity index (χ4n) is 2.02. The molecule has 20 heavy (non-hydrogen) atoms. The van der Waals surface area contributed by atoms with E-state index in [0.29, 0.717) is 13.1 Å². The second-order valence-corrected chi connectivity index (χ2v) is 5.91. The van der Waals surface area contributed by atoms with Crippen LogP contribution in [0.4, 0.5) is 4.79 Å². The summed E-state index contributed by atoms with van der Waals surface area (Å²) in [5.74, 6) is -1.42. The summed E-state index contributed by atoms with van der Waals surface area (Å²) in [6.07, 6.45) is 0. The summed E-state index contributed by atoms with van der Waals surface area (Å²) in [7, 11) is 1.55. The van der Waals surface area contributed by atoms with Gasteiger partial charge in [0.05, 0.1) is 11.3 Å². The molecule has 0 aromatic carbocycles. The number of hydrogen-bond donors (Lipinski definition) is 3. The summed E-state index contributed by atoms with van der Waals surface area (Å²) in [5.41, 5.74) is -0.678. The maximum Gasteiger partial charge on any atom is 0.317 e. The van der Waals surface area contributed by atoms with E-state index in [-0.39, 0.29) is 24.4 Å². The Bertz CT molecular complexity index is 402. The van der Waals surface area contributed by atoms with Crippen molar-refractivity contribution in [1.29, 1.82) is 0 Å². The lowest BCUT2D eigenvalue weighted by Gasteiger charge is -2.41. The second kappa shape index (κ2) is 6.11. The third-order valence-corrected chi connectivity index (χ3v) is 3.82. The third-order valence-electron chi connectivity index (χ3n) is 3.82. The molecule has 0 bridgehead atoms. The van der Waals surface area contributed by atoms with Crippen LogP contribution in [0.25, 0.3) is 0 Å². The maximum absolute atomic E-state index is 11.9. The first-order valence-corrected chi connectivity index (χ1v) is 6.67. The van der Waals surface area contributed by atoms with Gasteiger partial charge in [-0.25, -0.2) is 4.79 Å². The van der Waals surface area contributed by atoms with E-state index in [0.717, 1.165) is 0 Å². The lowest BCUT2D eigenvalue weighted by Crippen LogP contribution is -2.57. The van der Waals surface area contributed by atoms with E-state index in [2.05, 4.69) is 10.6 Å². The standard InChI is InChI=1S/C13H23N3O4/c1-8(10(17)18)9-5-16(6-9)12(20)15-7-13(2,3)11(19)14-4/h8-9H,5-7H2,1-4H3,(H,14,19)(H,15,20)(H,17,18). The van der Waals surface area contributed by atoms with Crippen molar-refractivity contribution >= 4 is 17.9 Å². The van der Waals surface area contributed by atoms with Crippen LogP contribution in [0.3, 0.4) is 0 Å². The summed E-state index contributed by atoms with van der Waals surface area (Å²) >= 11 is 0. The zero-order chi connectivity index (χ0) is 15.5. The summed E-state index contributed by atoms with van der Waals surface area (Å²) in [6.45, 7) is 6.27. The molecule has 1 rings (SSSR count). The van der Waals surface area contributed by atoms with E-state index in [9.17, 15) is 14.4 Å². The normalized spacial score (nSPS) is 17.1. The van der Waals surface area contributed by atoms with Crippen molar-refractivity contribution in [3.63, 3.8) is 0 Å². The van der Waals surface area contributed by atoms with E-state index in [1.165, 1.54) is 0 Å². The predicted octanol–water partition coefficient (Wildman–Crippen LogP) is 0.121. The first-order chi connectivity index (χ1) is 9.19. The SMILES string of the molecule is CNC(=O)C(C)(C)CNC(=O)N1CC(C(C)C(=O)O)C1. The highest BCUT2D eigenvalue weighted by atomic mass is 16.4. The van der Waals surface area contributed by atoms with Crippen molar-refractivity contribution < 1.29 is 19.5 Å². The first-order valence-electron chi connectivity index (χ1n) is 6.67. The van der Waals surface area contributed by atoms with Crippen molar-refractivity contribution in [1.82, 2.24) is 15.5 Å². The number of urea groups is 1. The van der Waals surface area contributed by atoms with Crippen LogP contribution >= 0.6 is 0 Å². The molecule has 1 fully saturated rings. The van der Waals surface area contributed by atoms with Crippen molar-refractivity contribution in [2.45, 2.75) is 20.8 Å². The molecule has 0 saturated carbocycles. The fraction of sp³-hybridized carbons (Fsp3) is 0.769. The number of carbonyl (C=O) groups is 3. The van der Waals surface area contributed by atoms with Gasteiger partial charge in [-0.15, -0.1) is 0 Å². The van der Waals surface area contributed by atoms with Gasteiger partial charge < -0.3 is 20.6 Å². The molecule has 1 aliphatic heterocycles. The molecule has 0 aromatic rings. The Kier molecular flexibility index (Phi) is 4.97. The topological polar surface area (TPSA) is 98.7 Å². The van der Waals surface area contributed by atoms with Crippen LogP contribution < -0.4 is 10.6 Å². The highest BCUT2D eigenvalue weighted by Gasteiger charge is 2.37. The number of amides is 3. The highest BCUT2D eigenvalue weighted by Crippen LogP contribution is 2.24. The van der Waals surface area contributed by atoms with Crippen molar-refractivity contribution in [3.05, 3.63) is 0 Å². The molecule has 0 spiro atoms. The Morgan fingerprint density at radius 3 is 2.35 bits per heavy atom. The van der Waals surface area contributed by atoms with E-state index in [1.54, 1.807) is 32.7 Å². The minimum Gasteiger partial charge on any atom is -0.481 e. The predicted molar refractivity (Wildman–Crippen MR) is 73.1 cm³/mol. The van der Waals surface area contributed by atoms with Gasteiger partial charge in [-0.3, -0.25) is 9.59 Å². The van der Waals surface area contributed by atoms with Crippen LogP contribution in [-0.4, -0.2) is 54.6 Å². The Morgan fingerprint density at radius 2 is 1.90 bits per heavy atom. The number of likely N-dealkylation sites (tertiary alicyclic amines) is 1. The van der Waals surface area contributed by atoms with Gasteiger partial charge in [-0.05, 0) is 13.8 Å². The molecule has 1 atom stereocenters. The first kappa shape index (κ1) is 16.3. The zero-order valence-corrected chi connectivity index (χ0v) is 12.4. The number of carboxylic acids is 1. The van der Waals surface area contributed by atoms with Gasteiger partial charge >= 0.3 is 12.0 Å². The van der Waals surface area contributed by atoms with E-state index in [4.69, 9.17) is 5.11 Å².